The Morgan fingerprint density at radius 1 is 1.32 bits per heavy atom. The van der Waals surface area contributed by atoms with Gasteiger partial charge in [0.15, 0.2) is 0 Å². The molecule has 1 aromatic carbocycles. The van der Waals surface area contributed by atoms with Gasteiger partial charge in [0.1, 0.15) is 0 Å². The minimum absolute atomic E-state index is 0.0901. The van der Waals surface area contributed by atoms with Crippen LogP contribution in [0.3, 0.4) is 0 Å². The maximum atomic E-state index is 12.4. The number of nitrogens with zero attached hydrogens (tertiary/aromatic N) is 1. The van der Waals surface area contributed by atoms with Crippen LogP contribution >= 0.6 is 0 Å². The van der Waals surface area contributed by atoms with E-state index in [0.717, 1.165) is 31.3 Å². The number of sulfonamides is 1. The lowest BCUT2D eigenvalue weighted by Crippen LogP contribution is -2.39. The third kappa shape index (κ3) is 5.10. The average molecular weight is 324 g/mol. The van der Waals surface area contributed by atoms with Crippen LogP contribution in [0.1, 0.15) is 35.7 Å². The molecule has 1 unspecified atom stereocenters. The van der Waals surface area contributed by atoms with Gasteiger partial charge in [0, 0.05) is 25.2 Å². The number of carbonyl (C=O) groups excluding carboxylic acids is 1. The lowest BCUT2D eigenvalue weighted by atomic mass is 9.99. The molecule has 0 aliphatic carbocycles. The molecule has 0 saturated carbocycles. The summed E-state index contributed by atoms with van der Waals surface area (Å²) < 4.78 is 24.5. The molecule has 1 saturated heterocycles. The highest BCUT2D eigenvalue weighted by Crippen LogP contribution is 2.18. The predicted molar refractivity (Wildman–Crippen MR) is 87.3 cm³/mol. The van der Waals surface area contributed by atoms with Crippen LogP contribution in [-0.4, -0.2) is 45.1 Å². The summed E-state index contributed by atoms with van der Waals surface area (Å²) in [6.45, 7) is 4.22. The van der Waals surface area contributed by atoms with Crippen molar-refractivity contribution in [2.75, 3.05) is 25.9 Å². The maximum Gasteiger partial charge on any atom is 0.253 e. The van der Waals surface area contributed by atoms with Gasteiger partial charge in [-0.2, -0.15) is 0 Å². The number of piperidine rings is 1. The van der Waals surface area contributed by atoms with E-state index < -0.39 is 10.0 Å². The van der Waals surface area contributed by atoms with Crippen molar-refractivity contribution in [3.63, 3.8) is 0 Å². The standard InChI is InChI=1S/C16H24N2O3S/c1-13-4-3-11-18(12-13)16(19)15-7-5-14(6-8-15)9-10-17-22(2,20)21/h5-8,13,17H,3-4,9-12H2,1-2H3. The van der Waals surface area contributed by atoms with Crippen molar-refractivity contribution in [3.05, 3.63) is 35.4 Å². The Labute approximate surface area is 132 Å². The van der Waals surface area contributed by atoms with Crippen molar-refractivity contribution < 1.29 is 13.2 Å². The predicted octanol–water partition coefficient (Wildman–Crippen LogP) is 1.65. The van der Waals surface area contributed by atoms with Crippen LogP contribution in [-0.2, 0) is 16.4 Å². The summed E-state index contributed by atoms with van der Waals surface area (Å²) in [7, 11) is -3.15. The van der Waals surface area contributed by atoms with Crippen molar-refractivity contribution in [1.82, 2.24) is 9.62 Å². The summed E-state index contributed by atoms with van der Waals surface area (Å²) in [5.41, 5.74) is 1.72. The van der Waals surface area contributed by atoms with Gasteiger partial charge in [-0.25, -0.2) is 13.1 Å². The number of likely N-dealkylation sites (tertiary alicyclic amines) is 1. The highest BCUT2D eigenvalue weighted by Gasteiger charge is 2.21. The summed E-state index contributed by atoms with van der Waals surface area (Å²) in [6.07, 6.45) is 4.02. The first-order valence-electron chi connectivity index (χ1n) is 7.68. The summed E-state index contributed by atoms with van der Waals surface area (Å²) >= 11 is 0. The number of amides is 1. The Bertz CT molecular complexity index is 611. The molecule has 122 valence electrons. The molecule has 5 nitrogen and oxygen atoms in total. The van der Waals surface area contributed by atoms with Crippen LogP contribution in [0.4, 0.5) is 0 Å². The molecule has 0 spiro atoms. The van der Waals surface area contributed by atoms with Crippen molar-refractivity contribution >= 4 is 15.9 Å². The molecule has 1 aliphatic rings. The first-order chi connectivity index (χ1) is 10.3. The van der Waals surface area contributed by atoms with Gasteiger partial charge in [0.25, 0.3) is 5.91 Å². The van der Waals surface area contributed by atoms with Gasteiger partial charge in [0.2, 0.25) is 10.0 Å². The zero-order valence-electron chi connectivity index (χ0n) is 13.2. The fourth-order valence-electron chi connectivity index (χ4n) is 2.75. The van der Waals surface area contributed by atoms with Gasteiger partial charge < -0.3 is 4.90 Å². The normalized spacial score (nSPS) is 19.2. The van der Waals surface area contributed by atoms with Crippen LogP contribution in [0.25, 0.3) is 0 Å². The highest BCUT2D eigenvalue weighted by molar-refractivity contribution is 7.88. The molecule has 1 amide bonds. The second-order valence-corrected chi connectivity index (χ2v) is 7.95. The van der Waals surface area contributed by atoms with Crippen molar-refractivity contribution in [2.24, 2.45) is 5.92 Å². The minimum atomic E-state index is -3.15. The van der Waals surface area contributed by atoms with E-state index in [4.69, 9.17) is 0 Å². The molecular formula is C16H24N2O3S. The fourth-order valence-corrected chi connectivity index (χ4v) is 3.22. The Kier molecular flexibility index (Phi) is 5.58. The van der Waals surface area contributed by atoms with Gasteiger partial charge in [-0.05, 0) is 42.9 Å². The Morgan fingerprint density at radius 3 is 2.59 bits per heavy atom. The van der Waals surface area contributed by atoms with Gasteiger partial charge in [-0.3, -0.25) is 4.79 Å². The lowest BCUT2D eigenvalue weighted by Gasteiger charge is -2.31. The third-order valence-corrected chi connectivity index (χ3v) is 4.65. The minimum Gasteiger partial charge on any atom is -0.338 e. The Morgan fingerprint density at radius 2 is 2.00 bits per heavy atom. The van der Waals surface area contributed by atoms with Gasteiger partial charge in [-0.15, -0.1) is 0 Å². The second-order valence-electron chi connectivity index (χ2n) is 6.11. The zero-order chi connectivity index (χ0) is 16.2. The molecule has 6 heteroatoms. The van der Waals surface area contributed by atoms with Crippen LogP contribution in [0.2, 0.25) is 0 Å². The SMILES string of the molecule is CC1CCCN(C(=O)c2ccc(CCNS(C)(=O)=O)cc2)C1. The maximum absolute atomic E-state index is 12.4. The third-order valence-electron chi connectivity index (χ3n) is 3.92. The van der Waals surface area contributed by atoms with Gasteiger partial charge >= 0.3 is 0 Å². The van der Waals surface area contributed by atoms with Crippen LogP contribution in [0.15, 0.2) is 24.3 Å². The molecule has 1 aliphatic heterocycles. The number of rotatable bonds is 5. The quantitative estimate of drug-likeness (QED) is 0.895. The van der Waals surface area contributed by atoms with E-state index in [9.17, 15) is 13.2 Å². The van der Waals surface area contributed by atoms with Gasteiger partial charge in [0.05, 0.1) is 6.26 Å². The van der Waals surface area contributed by atoms with E-state index in [0.29, 0.717) is 24.4 Å². The molecular weight excluding hydrogens is 300 g/mol. The molecule has 1 N–H and O–H groups in total. The zero-order valence-corrected chi connectivity index (χ0v) is 14.0. The molecule has 0 bridgehead atoms. The summed E-state index contributed by atoms with van der Waals surface area (Å²) in [5.74, 6) is 0.659. The number of carbonyl (C=O) groups is 1. The van der Waals surface area contributed by atoms with Gasteiger partial charge in [-0.1, -0.05) is 19.1 Å². The summed E-state index contributed by atoms with van der Waals surface area (Å²) in [5, 5.41) is 0. The van der Waals surface area contributed by atoms with E-state index in [-0.39, 0.29) is 5.91 Å². The van der Waals surface area contributed by atoms with Crippen molar-refractivity contribution in [1.29, 1.82) is 0 Å². The first kappa shape index (κ1) is 17.0. The van der Waals surface area contributed by atoms with Crippen LogP contribution in [0.5, 0.6) is 0 Å². The number of hydrogen-bond acceptors (Lipinski definition) is 3. The highest BCUT2D eigenvalue weighted by atomic mass is 32.2. The summed E-state index contributed by atoms with van der Waals surface area (Å²) in [4.78, 5) is 14.4. The number of benzene rings is 1. The molecule has 22 heavy (non-hydrogen) atoms. The van der Waals surface area contributed by atoms with E-state index >= 15 is 0 Å². The molecule has 0 aromatic heterocycles. The average Bonchev–Trinajstić information content (AvgIpc) is 2.46. The molecule has 1 heterocycles. The van der Waals surface area contributed by atoms with Crippen LogP contribution < -0.4 is 4.72 Å². The molecule has 1 aromatic rings. The smallest absolute Gasteiger partial charge is 0.253 e. The number of hydrogen-bond donors (Lipinski definition) is 1. The Hall–Kier alpha value is -1.40. The lowest BCUT2D eigenvalue weighted by molar-refractivity contribution is 0.0683. The topological polar surface area (TPSA) is 66.5 Å². The summed E-state index contributed by atoms with van der Waals surface area (Å²) in [6, 6.07) is 7.45. The van der Waals surface area contributed by atoms with Crippen molar-refractivity contribution in [2.45, 2.75) is 26.2 Å². The van der Waals surface area contributed by atoms with E-state index in [1.165, 1.54) is 6.42 Å². The molecule has 1 atom stereocenters. The molecule has 2 rings (SSSR count). The monoisotopic (exact) mass is 324 g/mol. The first-order valence-corrected chi connectivity index (χ1v) is 9.57. The molecule has 1 fully saturated rings. The Balaban J connectivity index is 1.92. The van der Waals surface area contributed by atoms with E-state index in [1.54, 1.807) is 0 Å². The number of nitrogens with one attached hydrogen (secondary N) is 1. The fraction of sp³-hybridized carbons (Fsp3) is 0.562. The van der Waals surface area contributed by atoms with Crippen LogP contribution in [0, 0.1) is 5.92 Å². The van der Waals surface area contributed by atoms with E-state index in [2.05, 4.69) is 11.6 Å². The molecule has 0 radical (unpaired) electrons. The van der Waals surface area contributed by atoms with Crippen molar-refractivity contribution in [3.8, 4) is 0 Å². The van der Waals surface area contributed by atoms with E-state index in [1.807, 2.05) is 29.2 Å². The second kappa shape index (κ2) is 7.24. The largest absolute Gasteiger partial charge is 0.338 e.